The van der Waals surface area contributed by atoms with Crippen LogP contribution in [0.2, 0.25) is 0 Å². The lowest BCUT2D eigenvalue weighted by atomic mass is 9.99. The number of rotatable bonds is 10. The summed E-state index contributed by atoms with van der Waals surface area (Å²) in [5.74, 6) is 0.208. The van der Waals surface area contributed by atoms with Gasteiger partial charge in [-0.2, -0.15) is 0 Å². The zero-order chi connectivity index (χ0) is 17.3. The van der Waals surface area contributed by atoms with Gasteiger partial charge in [-0.1, -0.05) is 52.2 Å². The van der Waals surface area contributed by atoms with Crippen molar-refractivity contribution in [3.05, 3.63) is 29.8 Å². The molecule has 1 atom stereocenters. The summed E-state index contributed by atoms with van der Waals surface area (Å²) in [7, 11) is -3.41. The van der Waals surface area contributed by atoms with Crippen LogP contribution in [0.4, 0.5) is 0 Å². The van der Waals surface area contributed by atoms with Crippen molar-refractivity contribution in [2.75, 3.05) is 12.3 Å². The average molecular weight is 340 g/mol. The van der Waals surface area contributed by atoms with E-state index in [9.17, 15) is 13.2 Å². The fourth-order valence-corrected chi connectivity index (χ4v) is 4.12. The molecule has 1 rings (SSSR count). The first-order valence-corrected chi connectivity index (χ1v) is 10.2. The highest BCUT2D eigenvalue weighted by molar-refractivity contribution is 7.91. The van der Waals surface area contributed by atoms with Crippen molar-refractivity contribution in [2.24, 2.45) is 5.92 Å². The van der Waals surface area contributed by atoms with Gasteiger partial charge in [0.1, 0.15) is 0 Å². The Kier molecular flexibility index (Phi) is 8.31. The van der Waals surface area contributed by atoms with Gasteiger partial charge < -0.3 is 5.32 Å². The van der Waals surface area contributed by atoms with Crippen LogP contribution >= 0.6 is 0 Å². The Morgan fingerprint density at radius 2 is 1.83 bits per heavy atom. The smallest absolute Gasteiger partial charge is 0.252 e. The zero-order valence-corrected chi connectivity index (χ0v) is 15.3. The Bertz CT molecular complexity index is 596. The van der Waals surface area contributed by atoms with Crippen molar-refractivity contribution in [1.82, 2.24) is 5.32 Å². The van der Waals surface area contributed by atoms with Crippen LogP contribution in [0.1, 0.15) is 63.2 Å². The van der Waals surface area contributed by atoms with E-state index >= 15 is 0 Å². The molecule has 23 heavy (non-hydrogen) atoms. The molecular formula is C18H29NO3S. The quantitative estimate of drug-likeness (QED) is 0.705. The maximum atomic E-state index is 12.4. The van der Waals surface area contributed by atoms with Crippen LogP contribution in [0, 0.1) is 5.92 Å². The van der Waals surface area contributed by atoms with E-state index in [0.29, 0.717) is 18.9 Å². The molecule has 1 aromatic carbocycles. The molecule has 0 saturated carbocycles. The first kappa shape index (κ1) is 19.7. The van der Waals surface area contributed by atoms with Gasteiger partial charge in [-0.05, 0) is 30.9 Å². The van der Waals surface area contributed by atoms with Crippen LogP contribution in [-0.2, 0) is 9.84 Å². The summed E-state index contributed by atoms with van der Waals surface area (Å²) in [4.78, 5) is 12.6. The molecule has 0 saturated heterocycles. The highest BCUT2D eigenvalue weighted by atomic mass is 32.2. The highest BCUT2D eigenvalue weighted by Crippen LogP contribution is 2.18. The van der Waals surface area contributed by atoms with Gasteiger partial charge in [0, 0.05) is 6.54 Å². The van der Waals surface area contributed by atoms with Crippen molar-refractivity contribution in [1.29, 1.82) is 0 Å². The van der Waals surface area contributed by atoms with E-state index in [1.165, 1.54) is 6.07 Å². The number of hydrogen-bond donors (Lipinski definition) is 1. The van der Waals surface area contributed by atoms with Gasteiger partial charge in [-0.15, -0.1) is 0 Å². The topological polar surface area (TPSA) is 63.2 Å². The van der Waals surface area contributed by atoms with E-state index in [0.717, 1.165) is 25.7 Å². The van der Waals surface area contributed by atoms with Crippen molar-refractivity contribution in [2.45, 2.75) is 57.8 Å². The molecule has 1 amide bonds. The van der Waals surface area contributed by atoms with Crippen molar-refractivity contribution < 1.29 is 13.2 Å². The Morgan fingerprint density at radius 3 is 2.43 bits per heavy atom. The molecule has 1 aromatic rings. The molecular weight excluding hydrogens is 310 g/mol. The predicted octanol–water partition coefficient (Wildman–Crippen LogP) is 3.82. The standard InChI is InChI=1S/C18H29NO3S/c1-4-7-10-15(6-3)14-19-18(20)16-11-8-9-12-17(16)23(21,22)13-5-2/h8-9,11-12,15H,4-7,10,13-14H2,1-3H3,(H,19,20). The normalized spacial score (nSPS) is 12.8. The Balaban J connectivity index is 2.85. The van der Waals surface area contributed by atoms with Crippen LogP contribution in [0.5, 0.6) is 0 Å². The van der Waals surface area contributed by atoms with Gasteiger partial charge in [-0.25, -0.2) is 8.42 Å². The van der Waals surface area contributed by atoms with Crippen LogP contribution < -0.4 is 5.32 Å². The van der Waals surface area contributed by atoms with Crippen LogP contribution in [0.25, 0.3) is 0 Å². The molecule has 1 N–H and O–H groups in total. The Hall–Kier alpha value is -1.36. The molecule has 0 spiro atoms. The maximum absolute atomic E-state index is 12.4. The van der Waals surface area contributed by atoms with E-state index in [1.807, 2.05) is 6.92 Å². The van der Waals surface area contributed by atoms with E-state index in [4.69, 9.17) is 0 Å². The van der Waals surface area contributed by atoms with Crippen LogP contribution in [0.15, 0.2) is 29.2 Å². The molecule has 0 aromatic heterocycles. The van der Waals surface area contributed by atoms with Crippen LogP contribution in [-0.4, -0.2) is 26.6 Å². The summed E-state index contributed by atoms with van der Waals surface area (Å²) >= 11 is 0. The first-order chi connectivity index (χ1) is 11.0. The summed E-state index contributed by atoms with van der Waals surface area (Å²) in [6, 6.07) is 6.48. The Labute approximate surface area is 140 Å². The van der Waals surface area contributed by atoms with Crippen molar-refractivity contribution >= 4 is 15.7 Å². The van der Waals surface area contributed by atoms with E-state index < -0.39 is 9.84 Å². The lowest BCUT2D eigenvalue weighted by Crippen LogP contribution is -2.30. The van der Waals surface area contributed by atoms with Crippen molar-refractivity contribution in [3.8, 4) is 0 Å². The van der Waals surface area contributed by atoms with Gasteiger partial charge in [-0.3, -0.25) is 4.79 Å². The second-order valence-electron chi connectivity index (χ2n) is 5.94. The van der Waals surface area contributed by atoms with Gasteiger partial charge in [0.05, 0.1) is 16.2 Å². The Morgan fingerprint density at radius 1 is 1.13 bits per heavy atom. The minimum Gasteiger partial charge on any atom is -0.352 e. The summed E-state index contributed by atoms with van der Waals surface area (Å²) in [6.07, 6.45) is 4.92. The number of carbonyl (C=O) groups excluding carboxylic acids is 1. The number of amides is 1. The number of sulfone groups is 1. The summed E-state index contributed by atoms with van der Waals surface area (Å²) in [5.41, 5.74) is 0.256. The number of benzene rings is 1. The van der Waals surface area contributed by atoms with Gasteiger partial charge in [0.2, 0.25) is 0 Å². The molecule has 1 unspecified atom stereocenters. The van der Waals surface area contributed by atoms with E-state index in [2.05, 4.69) is 19.2 Å². The number of unbranched alkanes of at least 4 members (excludes halogenated alkanes) is 1. The lowest BCUT2D eigenvalue weighted by molar-refractivity contribution is 0.0942. The number of nitrogens with one attached hydrogen (secondary N) is 1. The van der Waals surface area contributed by atoms with Gasteiger partial charge in [0.15, 0.2) is 9.84 Å². The third-order valence-corrected chi connectivity index (χ3v) is 6.01. The molecule has 0 aliphatic rings. The van der Waals surface area contributed by atoms with E-state index in [1.54, 1.807) is 18.2 Å². The second-order valence-corrected chi connectivity index (χ2v) is 8.02. The second kappa shape index (κ2) is 9.71. The fraction of sp³-hybridized carbons (Fsp3) is 0.611. The number of hydrogen-bond acceptors (Lipinski definition) is 3. The summed E-state index contributed by atoms with van der Waals surface area (Å²) < 4.78 is 24.6. The molecule has 0 radical (unpaired) electrons. The average Bonchev–Trinajstić information content (AvgIpc) is 2.54. The SMILES string of the molecule is CCCCC(CC)CNC(=O)c1ccccc1S(=O)(=O)CCC. The minimum atomic E-state index is -3.41. The number of carbonyl (C=O) groups is 1. The molecule has 0 aliphatic carbocycles. The fourth-order valence-electron chi connectivity index (χ4n) is 2.58. The largest absolute Gasteiger partial charge is 0.352 e. The zero-order valence-electron chi connectivity index (χ0n) is 14.5. The van der Waals surface area contributed by atoms with Crippen molar-refractivity contribution in [3.63, 3.8) is 0 Å². The molecule has 4 nitrogen and oxygen atoms in total. The van der Waals surface area contributed by atoms with Gasteiger partial charge in [0.25, 0.3) is 5.91 Å². The summed E-state index contributed by atoms with van der Waals surface area (Å²) in [5, 5.41) is 2.91. The first-order valence-electron chi connectivity index (χ1n) is 8.56. The van der Waals surface area contributed by atoms with Gasteiger partial charge >= 0.3 is 0 Å². The monoisotopic (exact) mass is 339 g/mol. The van der Waals surface area contributed by atoms with Crippen LogP contribution in [0.3, 0.4) is 0 Å². The molecule has 0 fully saturated rings. The summed E-state index contributed by atoms with van der Waals surface area (Å²) in [6.45, 7) is 6.68. The highest BCUT2D eigenvalue weighted by Gasteiger charge is 2.21. The molecule has 5 heteroatoms. The third-order valence-electron chi connectivity index (χ3n) is 4.03. The molecule has 0 heterocycles. The maximum Gasteiger partial charge on any atom is 0.252 e. The predicted molar refractivity (Wildman–Crippen MR) is 94.4 cm³/mol. The molecule has 130 valence electrons. The van der Waals surface area contributed by atoms with E-state index in [-0.39, 0.29) is 22.1 Å². The third kappa shape index (κ3) is 5.98. The molecule has 0 aliphatic heterocycles. The minimum absolute atomic E-state index is 0.0609. The molecule has 0 bridgehead atoms. The lowest BCUT2D eigenvalue weighted by Gasteiger charge is -2.16.